The van der Waals surface area contributed by atoms with Crippen molar-refractivity contribution < 1.29 is 0 Å². The second-order valence-electron chi connectivity index (χ2n) is 2.38. The van der Waals surface area contributed by atoms with Crippen molar-refractivity contribution in [3.63, 3.8) is 0 Å². The van der Waals surface area contributed by atoms with Gasteiger partial charge < -0.3 is 0 Å². The Morgan fingerprint density at radius 3 is 3.23 bits per heavy atom. The average Bonchev–Trinajstić information content (AvgIpc) is 2.15. The van der Waals surface area contributed by atoms with Crippen LogP contribution in [0.5, 0.6) is 0 Å². The van der Waals surface area contributed by atoms with Crippen LogP contribution in [0.25, 0.3) is 10.4 Å². The number of pyridine rings is 1. The third-order valence-electron chi connectivity index (χ3n) is 1.48. The van der Waals surface area contributed by atoms with Crippen LogP contribution in [0.15, 0.2) is 23.6 Å². The van der Waals surface area contributed by atoms with E-state index in [9.17, 15) is 0 Å². The highest BCUT2D eigenvalue weighted by Gasteiger charge is 1.90. The molecule has 1 aromatic rings. The molecule has 0 bridgehead atoms. The van der Waals surface area contributed by atoms with E-state index in [4.69, 9.17) is 5.53 Å². The summed E-state index contributed by atoms with van der Waals surface area (Å²) >= 11 is 0. The van der Waals surface area contributed by atoms with Gasteiger partial charge in [-0.25, -0.2) is 0 Å². The fraction of sp³-hybridized carbons (Fsp3) is 0.222. The standard InChI is InChI=1S/C9H8N4/c1-8-4-6-11-7-9(8)3-2-5-12-13-10/h4,6-7H,5H2,1H3. The lowest BCUT2D eigenvalue weighted by molar-refractivity contribution is 1.24. The molecular weight excluding hydrogens is 164 g/mol. The molecule has 0 saturated heterocycles. The molecule has 0 spiro atoms. The van der Waals surface area contributed by atoms with Crippen molar-refractivity contribution >= 4 is 0 Å². The van der Waals surface area contributed by atoms with Gasteiger partial charge in [-0.15, -0.1) is 0 Å². The summed E-state index contributed by atoms with van der Waals surface area (Å²) in [6, 6.07) is 1.89. The van der Waals surface area contributed by atoms with E-state index in [0.717, 1.165) is 11.1 Å². The summed E-state index contributed by atoms with van der Waals surface area (Å²) in [5.41, 5.74) is 9.94. The van der Waals surface area contributed by atoms with E-state index >= 15 is 0 Å². The first-order valence-electron chi connectivity index (χ1n) is 3.75. The van der Waals surface area contributed by atoms with Gasteiger partial charge in [0.05, 0.1) is 6.54 Å². The number of hydrogen-bond acceptors (Lipinski definition) is 2. The Labute approximate surface area is 76.2 Å². The largest absolute Gasteiger partial charge is 0.263 e. The fourth-order valence-electron chi connectivity index (χ4n) is 0.797. The maximum absolute atomic E-state index is 8.00. The van der Waals surface area contributed by atoms with Crippen LogP contribution in [0.4, 0.5) is 0 Å². The quantitative estimate of drug-likeness (QED) is 0.277. The molecule has 0 atom stereocenters. The third-order valence-corrected chi connectivity index (χ3v) is 1.48. The van der Waals surface area contributed by atoms with Crippen LogP contribution in [0.3, 0.4) is 0 Å². The molecule has 0 amide bonds. The van der Waals surface area contributed by atoms with Crippen molar-refractivity contribution in [3.8, 4) is 11.8 Å². The molecule has 0 fully saturated rings. The Morgan fingerprint density at radius 2 is 2.54 bits per heavy atom. The topological polar surface area (TPSA) is 61.7 Å². The second kappa shape index (κ2) is 4.81. The molecule has 0 aliphatic heterocycles. The smallest absolute Gasteiger partial charge is 0.0880 e. The third kappa shape index (κ3) is 2.86. The van der Waals surface area contributed by atoms with Crippen LogP contribution in [0.1, 0.15) is 11.1 Å². The fourth-order valence-corrected chi connectivity index (χ4v) is 0.797. The molecule has 1 aromatic heterocycles. The molecule has 0 saturated carbocycles. The van der Waals surface area contributed by atoms with E-state index in [0.29, 0.717) is 0 Å². The molecule has 4 nitrogen and oxygen atoms in total. The summed E-state index contributed by atoms with van der Waals surface area (Å²) in [5.74, 6) is 5.60. The van der Waals surface area contributed by atoms with Gasteiger partial charge >= 0.3 is 0 Å². The summed E-state index contributed by atoms with van der Waals surface area (Å²) in [6.45, 7) is 2.16. The maximum Gasteiger partial charge on any atom is 0.0880 e. The van der Waals surface area contributed by atoms with Crippen molar-refractivity contribution in [1.82, 2.24) is 4.98 Å². The molecule has 0 radical (unpaired) electrons. The molecule has 1 rings (SSSR count). The molecule has 13 heavy (non-hydrogen) atoms. The first-order chi connectivity index (χ1) is 6.34. The van der Waals surface area contributed by atoms with Gasteiger partial charge in [-0.05, 0) is 24.1 Å². The van der Waals surface area contributed by atoms with Crippen LogP contribution in [0, 0.1) is 18.8 Å². The summed E-state index contributed by atoms with van der Waals surface area (Å²) in [5, 5.41) is 3.30. The van der Waals surface area contributed by atoms with E-state index in [2.05, 4.69) is 26.9 Å². The van der Waals surface area contributed by atoms with Crippen LogP contribution < -0.4 is 0 Å². The highest BCUT2D eigenvalue weighted by atomic mass is 15.1. The van der Waals surface area contributed by atoms with Gasteiger partial charge in [0.25, 0.3) is 0 Å². The van der Waals surface area contributed by atoms with Gasteiger partial charge in [0.1, 0.15) is 0 Å². The Hall–Kier alpha value is -1.98. The van der Waals surface area contributed by atoms with E-state index in [1.165, 1.54) is 0 Å². The van der Waals surface area contributed by atoms with Crippen molar-refractivity contribution in [2.75, 3.05) is 6.54 Å². The summed E-state index contributed by atoms with van der Waals surface area (Å²) in [6.07, 6.45) is 3.41. The lowest BCUT2D eigenvalue weighted by Crippen LogP contribution is -1.83. The number of aromatic nitrogens is 1. The number of rotatable bonds is 1. The van der Waals surface area contributed by atoms with Crippen molar-refractivity contribution in [2.45, 2.75) is 6.92 Å². The van der Waals surface area contributed by atoms with E-state index in [1.54, 1.807) is 12.4 Å². The monoisotopic (exact) mass is 172 g/mol. The van der Waals surface area contributed by atoms with Crippen LogP contribution in [-0.2, 0) is 0 Å². The van der Waals surface area contributed by atoms with Crippen molar-refractivity contribution in [2.24, 2.45) is 5.11 Å². The molecule has 0 aromatic carbocycles. The zero-order chi connectivity index (χ0) is 9.52. The number of azide groups is 1. The highest BCUT2D eigenvalue weighted by molar-refractivity contribution is 5.38. The van der Waals surface area contributed by atoms with Gasteiger partial charge in [-0.3, -0.25) is 4.98 Å². The molecule has 0 aliphatic carbocycles. The van der Waals surface area contributed by atoms with E-state index < -0.39 is 0 Å². The molecule has 64 valence electrons. The minimum atomic E-state index is 0.199. The zero-order valence-electron chi connectivity index (χ0n) is 7.23. The van der Waals surface area contributed by atoms with Gasteiger partial charge in [0.2, 0.25) is 0 Å². The van der Waals surface area contributed by atoms with Gasteiger partial charge in [0, 0.05) is 22.9 Å². The van der Waals surface area contributed by atoms with E-state index in [1.807, 2.05) is 13.0 Å². The first-order valence-corrected chi connectivity index (χ1v) is 3.75. The zero-order valence-corrected chi connectivity index (χ0v) is 7.23. The molecule has 0 N–H and O–H groups in total. The van der Waals surface area contributed by atoms with E-state index in [-0.39, 0.29) is 6.54 Å². The Kier molecular flexibility index (Phi) is 3.37. The average molecular weight is 172 g/mol. The second-order valence-corrected chi connectivity index (χ2v) is 2.38. The van der Waals surface area contributed by atoms with Crippen molar-refractivity contribution in [1.29, 1.82) is 0 Å². The number of nitrogens with zero attached hydrogens (tertiary/aromatic N) is 4. The minimum Gasteiger partial charge on any atom is -0.263 e. The first kappa shape index (κ1) is 9.11. The van der Waals surface area contributed by atoms with Crippen molar-refractivity contribution in [3.05, 3.63) is 40.0 Å². The Bertz CT molecular complexity index is 394. The molecule has 0 aliphatic rings. The summed E-state index contributed by atoms with van der Waals surface area (Å²) in [7, 11) is 0. The molecule has 0 unspecified atom stereocenters. The highest BCUT2D eigenvalue weighted by Crippen LogP contribution is 2.01. The number of aryl methyl sites for hydroxylation is 1. The predicted molar refractivity (Wildman–Crippen MR) is 49.9 cm³/mol. The van der Waals surface area contributed by atoms with Crippen LogP contribution in [-0.4, -0.2) is 11.5 Å². The van der Waals surface area contributed by atoms with Gasteiger partial charge in [-0.2, -0.15) is 0 Å². The van der Waals surface area contributed by atoms with Gasteiger partial charge in [0.15, 0.2) is 0 Å². The minimum absolute atomic E-state index is 0.199. The molecular formula is C9H8N4. The Balaban J connectivity index is 2.77. The molecule has 4 heteroatoms. The Morgan fingerprint density at radius 1 is 1.69 bits per heavy atom. The number of hydrogen-bond donors (Lipinski definition) is 0. The summed E-state index contributed by atoms with van der Waals surface area (Å²) < 4.78 is 0. The lowest BCUT2D eigenvalue weighted by atomic mass is 10.2. The predicted octanol–water partition coefficient (Wildman–Crippen LogP) is 2.05. The van der Waals surface area contributed by atoms with Crippen LogP contribution in [0.2, 0.25) is 0 Å². The maximum atomic E-state index is 8.00. The molecule has 1 heterocycles. The van der Waals surface area contributed by atoms with Crippen LogP contribution >= 0.6 is 0 Å². The normalized spacial score (nSPS) is 8.08. The van der Waals surface area contributed by atoms with Gasteiger partial charge in [-0.1, -0.05) is 17.0 Å². The lowest BCUT2D eigenvalue weighted by Gasteiger charge is -1.93. The summed E-state index contributed by atoms with van der Waals surface area (Å²) in [4.78, 5) is 6.53. The SMILES string of the molecule is Cc1ccncc1C#CCN=[N+]=[N-].